The highest BCUT2D eigenvalue weighted by molar-refractivity contribution is 14.3. The second kappa shape index (κ2) is 4.20. The third kappa shape index (κ3) is 3.20. The maximum Gasteiger partial charge on any atom is 0.165 e. The molecule has 0 saturated heterocycles. The summed E-state index contributed by atoms with van der Waals surface area (Å²) in [6.45, 7) is 3.92. The van der Waals surface area contributed by atoms with Gasteiger partial charge in [0, 0.05) is 5.69 Å². The standard InChI is InChI=1S/C7H7I3N2/c1-4-3-6(7(8,9)10)12-5(2)11-4/h3H,1-2H3. The molecule has 0 fully saturated rings. The van der Waals surface area contributed by atoms with Gasteiger partial charge in [0.2, 0.25) is 0 Å². The molecule has 0 amide bonds. The number of nitrogens with zero attached hydrogens (tertiary/aromatic N) is 2. The Hall–Kier alpha value is 1.27. The molecule has 0 spiro atoms. The highest BCUT2D eigenvalue weighted by Crippen LogP contribution is 2.44. The van der Waals surface area contributed by atoms with Gasteiger partial charge in [0.1, 0.15) is 5.82 Å². The molecule has 2 nitrogen and oxygen atoms in total. The van der Waals surface area contributed by atoms with E-state index in [1.165, 1.54) is 0 Å². The van der Waals surface area contributed by atoms with E-state index in [2.05, 4.69) is 77.7 Å². The Labute approximate surface area is 113 Å². The lowest BCUT2D eigenvalue weighted by Crippen LogP contribution is -2.04. The summed E-state index contributed by atoms with van der Waals surface area (Å²) in [7, 11) is 0. The number of aryl methyl sites for hydroxylation is 2. The SMILES string of the molecule is Cc1cc(C(I)(I)I)nc(C)n1. The molecule has 1 rings (SSSR count). The number of alkyl halides is 3. The van der Waals surface area contributed by atoms with Crippen molar-refractivity contribution >= 4 is 67.8 Å². The molecule has 0 aliphatic carbocycles. The van der Waals surface area contributed by atoms with Gasteiger partial charge in [-0.3, -0.25) is 0 Å². The zero-order valence-corrected chi connectivity index (χ0v) is 13.1. The van der Waals surface area contributed by atoms with Gasteiger partial charge in [-0.25, -0.2) is 9.97 Å². The van der Waals surface area contributed by atoms with Crippen molar-refractivity contribution in [3.05, 3.63) is 23.3 Å². The summed E-state index contributed by atoms with van der Waals surface area (Å²) in [5.41, 5.74) is 2.11. The van der Waals surface area contributed by atoms with Gasteiger partial charge in [-0.1, -0.05) is 0 Å². The first-order valence-corrected chi connectivity index (χ1v) is 6.52. The maximum atomic E-state index is 4.37. The van der Waals surface area contributed by atoms with Gasteiger partial charge in [0.05, 0.1) is 5.69 Å². The summed E-state index contributed by atoms with van der Waals surface area (Å²) in [5, 5.41) is 0. The highest BCUT2D eigenvalue weighted by atomic mass is 127. The van der Waals surface area contributed by atoms with Crippen molar-refractivity contribution in [2.24, 2.45) is 0 Å². The molecule has 0 aliphatic heterocycles. The minimum Gasteiger partial charge on any atom is -0.239 e. The molecule has 1 aromatic heterocycles. The molecule has 0 unspecified atom stereocenters. The molecule has 1 heterocycles. The van der Waals surface area contributed by atoms with Crippen LogP contribution in [0.5, 0.6) is 0 Å². The van der Waals surface area contributed by atoms with Crippen LogP contribution in [0.1, 0.15) is 17.2 Å². The fourth-order valence-corrected chi connectivity index (χ4v) is 1.69. The lowest BCUT2D eigenvalue weighted by atomic mass is 10.3. The topological polar surface area (TPSA) is 25.8 Å². The number of aromatic nitrogens is 2. The van der Waals surface area contributed by atoms with E-state index in [0.717, 1.165) is 17.2 Å². The summed E-state index contributed by atoms with van der Waals surface area (Å²) in [6.07, 6.45) is 0. The van der Waals surface area contributed by atoms with Crippen LogP contribution in [0.3, 0.4) is 0 Å². The van der Waals surface area contributed by atoms with E-state index in [0.29, 0.717) is 0 Å². The monoisotopic (exact) mass is 500 g/mol. The minimum absolute atomic E-state index is 0.0335. The van der Waals surface area contributed by atoms with E-state index in [9.17, 15) is 0 Å². The molecule has 5 heteroatoms. The van der Waals surface area contributed by atoms with Crippen molar-refractivity contribution < 1.29 is 0 Å². The lowest BCUT2D eigenvalue weighted by Gasteiger charge is -2.12. The molecule has 0 bridgehead atoms. The Morgan fingerprint density at radius 2 is 1.75 bits per heavy atom. The summed E-state index contributed by atoms with van der Waals surface area (Å²) in [5.74, 6) is 0.847. The van der Waals surface area contributed by atoms with Crippen LogP contribution in [0.25, 0.3) is 0 Å². The van der Waals surface area contributed by atoms with Gasteiger partial charge in [-0.2, -0.15) is 0 Å². The first-order chi connectivity index (χ1) is 5.39. The predicted molar refractivity (Wildman–Crippen MR) is 75.2 cm³/mol. The predicted octanol–water partition coefficient (Wildman–Crippen LogP) is 3.51. The van der Waals surface area contributed by atoms with E-state index in [4.69, 9.17) is 0 Å². The number of halogens is 3. The Kier molecular flexibility index (Phi) is 3.97. The molecule has 0 atom stereocenters. The first kappa shape index (κ1) is 11.3. The van der Waals surface area contributed by atoms with Gasteiger partial charge in [0.25, 0.3) is 0 Å². The van der Waals surface area contributed by atoms with Crippen LogP contribution in [0.15, 0.2) is 6.07 Å². The summed E-state index contributed by atoms with van der Waals surface area (Å²) >= 11 is 7.08. The second-order valence-corrected chi connectivity index (χ2v) is 13.5. The Morgan fingerprint density at radius 3 is 2.17 bits per heavy atom. The zero-order valence-electron chi connectivity index (χ0n) is 6.61. The molecule has 0 aromatic carbocycles. The van der Waals surface area contributed by atoms with Crippen LogP contribution in [0.2, 0.25) is 0 Å². The number of rotatable bonds is 1. The molecular weight excluding hydrogens is 493 g/mol. The quantitative estimate of drug-likeness (QED) is 0.437. The molecule has 0 saturated carbocycles. The van der Waals surface area contributed by atoms with Crippen LogP contribution in [0.4, 0.5) is 0 Å². The van der Waals surface area contributed by atoms with Crippen LogP contribution in [0, 0.1) is 13.8 Å². The number of hydrogen-bond donors (Lipinski definition) is 0. The highest BCUT2D eigenvalue weighted by Gasteiger charge is 2.22. The third-order valence-corrected chi connectivity index (χ3v) is 2.91. The third-order valence-electron chi connectivity index (χ3n) is 1.26. The van der Waals surface area contributed by atoms with E-state index in [1.807, 2.05) is 19.9 Å². The first-order valence-electron chi connectivity index (χ1n) is 3.29. The van der Waals surface area contributed by atoms with Gasteiger partial charge in [-0.15, -0.1) is 0 Å². The largest absolute Gasteiger partial charge is 0.239 e. The Bertz CT molecular complexity index is 273. The van der Waals surface area contributed by atoms with Crippen molar-refractivity contribution in [3.63, 3.8) is 0 Å². The fraction of sp³-hybridized carbons (Fsp3) is 0.429. The molecule has 12 heavy (non-hydrogen) atoms. The van der Waals surface area contributed by atoms with E-state index >= 15 is 0 Å². The van der Waals surface area contributed by atoms with Crippen molar-refractivity contribution in [3.8, 4) is 0 Å². The van der Waals surface area contributed by atoms with Crippen LogP contribution >= 0.6 is 67.8 Å². The fourth-order valence-electron chi connectivity index (χ4n) is 0.862. The second-order valence-electron chi connectivity index (χ2n) is 2.44. The smallest absolute Gasteiger partial charge is 0.165 e. The normalized spacial score (nSPS) is 11.8. The molecule has 0 radical (unpaired) electrons. The minimum atomic E-state index is 0.0335. The van der Waals surface area contributed by atoms with E-state index < -0.39 is 0 Å². The Balaban J connectivity index is 3.18. The number of hydrogen-bond acceptors (Lipinski definition) is 2. The molecule has 0 N–H and O–H groups in total. The van der Waals surface area contributed by atoms with Crippen molar-refractivity contribution in [2.45, 2.75) is 13.3 Å². The molecule has 1 aromatic rings. The summed E-state index contributed by atoms with van der Waals surface area (Å²) in [6, 6.07) is 2.03. The van der Waals surface area contributed by atoms with E-state index in [1.54, 1.807) is 0 Å². The van der Waals surface area contributed by atoms with Crippen molar-refractivity contribution in [1.29, 1.82) is 0 Å². The zero-order chi connectivity index (χ0) is 9.35. The maximum absolute atomic E-state index is 4.37. The van der Waals surface area contributed by atoms with Crippen molar-refractivity contribution in [2.75, 3.05) is 0 Å². The van der Waals surface area contributed by atoms with Crippen LogP contribution in [-0.4, -0.2) is 9.97 Å². The molecule has 0 aliphatic rings. The van der Waals surface area contributed by atoms with Gasteiger partial charge < -0.3 is 0 Å². The Morgan fingerprint density at radius 1 is 1.17 bits per heavy atom. The summed E-state index contributed by atoms with van der Waals surface area (Å²) in [4.78, 5) is 8.60. The van der Waals surface area contributed by atoms with Gasteiger partial charge >= 0.3 is 0 Å². The van der Waals surface area contributed by atoms with Crippen molar-refractivity contribution in [1.82, 2.24) is 9.97 Å². The average molecular weight is 500 g/mol. The van der Waals surface area contributed by atoms with Crippen LogP contribution in [-0.2, 0) is -0.565 Å². The molecule has 66 valence electrons. The lowest BCUT2D eigenvalue weighted by molar-refractivity contribution is 0.971. The molecular formula is C7H7I3N2. The van der Waals surface area contributed by atoms with E-state index in [-0.39, 0.29) is -0.565 Å². The van der Waals surface area contributed by atoms with Gasteiger partial charge in [0.15, 0.2) is -0.565 Å². The summed E-state index contributed by atoms with van der Waals surface area (Å²) < 4.78 is 0.0335. The van der Waals surface area contributed by atoms with Gasteiger partial charge in [-0.05, 0) is 87.7 Å². The van der Waals surface area contributed by atoms with Crippen LogP contribution < -0.4 is 0 Å². The average Bonchev–Trinajstić information content (AvgIpc) is 1.82.